The number of anilines is 1. The summed E-state index contributed by atoms with van der Waals surface area (Å²) in [6.45, 7) is 2.29. The molecule has 0 fully saturated rings. The van der Waals surface area contributed by atoms with Gasteiger partial charge in [-0.1, -0.05) is 6.07 Å². The van der Waals surface area contributed by atoms with Crippen molar-refractivity contribution in [3.63, 3.8) is 0 Å². The predicted molar refractivity (Wildman–Crippen MR) is 110 cm³/mol. The van der Waals surface area contributed by atoms with E-state index in [1.54, 1.807) is 10.9 Å². The highest BCUT2D eigenvalue weighted by molar-refractivity contribution is 7.92. The van der Waals surface area contributed by atoms with Gasteiger partial charge < -0.3 is 10.1 Å². The fraction of sp³-hybridized carbons (Fsp3) is 0.450. The van der Waals surface area contributed by atoms with E-state index >= 15 is 0 Å². The Morgan fingerprint density at radius 1 is 1.30 bits per heavy atom. The Bertz CT molecular complexity index is 1190. The van der Waals surface area contributed by atoms with E-state index in [-0.39, 0.29) is 16.8 Å². The van der Waals surface area contributed by atoms with Crippen molar-refractivity contribution < 1.29 is 13.7 Å². The number of benzene rings is 1. The summed E-state index contributed by atoms with van der Waals surface area (Å²) in [7, 11) is -3.58. The average molecular weight is 427 g/mol. The van der Waals surface area contributed by atoms with Crippen molar-refractivity contribution in [2.75, 3.05) is 11.9 Å². The summed E-state index contributed by atoms with van der Waals surface area (Å²) in [6.07, 6.45) is 8.95. The number of aryl methyl sites for hydroxylation is 2. The number of carbonyl (C=O) groups is 1. The molecule has 9 nitrogen and oxygen atoms in total. The molecule has 5 rings (SSSR count). The first-order valence-corrected chi connectivity index (χ1v) is 11.6. The number of ether oxygens (including phenoxy) is 1. The number of fused-ring (bicyclic) bond motifs is 3. The lowest BCUT2D eigenvalue weighted by Crippen LogP contribution is -2.22. The molecular weight excluding hydrogens is 404 g/mol. The molecule has 0 radical (unpaired) electrons. The van der Waals surface area contributed by atoms with Crippen LogP contribution in [-0.2, 0) is 35.6 Å². The minimum absolute atomic E-state index is 0.0252. The molecule has 1 aliphatic heterocycles. The molecule has 3 aliphatic rings. The molecule has 0 saturated heterocycles. The average Bonchev–Trinajstić information content (AvgIpc) is 3.46. The molecule has 10 heteroatoms. The van der Waals surface area contributed by atoms with Crippen molar-refractivity contribution in [3.8, 4) is 12.1 Å². The van der Waals surface area contributed by atoms with E-state index in [9.17, 15) is 9.00 Å². The van der Waals surface area contributed by atoms with Crippen LogP contribution >= 0.6 is 0 Å². The fourth-order valence-electron chi connectivity index (χ4n) is 4.65. The van der Waals surface area contributed by atoms with E-state index < -0.39 is 15.9 Å². The number of nitrogens with one attached hydrogen (secondary N) is 2. The van der Waals surface area contributed by atoms with Crippen LogP contribution in [0.3, 0.4) is 0 Å². The summed E-state index contributed by atoms with van der Waals surface area (Å²) in [5.41, 5.74) is 5.68. The van der Waals surface area contributed by atoms with Crippen molar-refractivity contribution in [2.24, 2.45) is 4.36 Å². The van der Waals surface area contributed by atoms with Crippen LogP contribution in [-0.4, -0.2) is 26.6 Å². The molecular formula is C20H22N6O3S. The summed E-state index contributed by atoms with van der Waals surface area (Å²) in [4.78, 5) is 13.0. The van der Waals surface area contributed by atoms with Crippen LogP contribution in [0.15, 0.2) is 21.5 Å². The number of rotatable bonds is 3. The van der Waals surface area contributed by atoms with E-state index in [2.05, 4.69) is 25.6 Å². The normalized spacial score (nSPS) is 20.3. The fourth-order valence-corrected chi connectivity index (χ4v) is 5.88. The molecule has 2 heterocycles. The standard InChI is InChI=1S/C20H22N6O3S/c1-12-10-29-19-17(9-22-26(12)19)30(28,23-11-21)25-20(27)24-18-15-6-2-4-13(15)8-14-5-3-7-16(14)18/h8-9,12H,2-7,10H2,1H3,(H2,23,24,25,27,28)/t12-,30?/m0/s1. The molecule has 0 saturated carbocycles. The number of amides is 2. The highest BCUT2D eigenvalue weighted by Crippen LogP contribution is 2.39. The summed E-state index contributed by atoms with van der Waals surface area (Å²) < 4.78 is 26.7. The van der Waals surface area contributed by atoms with E-state index in [4.69, 9.17) is 10.00 Å². The number of urea groups is 1. The van der Waals surface area contributed by atoms with Crippen LogP contribution in [0.4, 0.5) is 10.5 Å². The monoisotopic (exact) mass is 426 g/mol. The maximum Gasteiger partial charge on any atom is 0.355 e. The summed E-state index contributed by atoms with van der Waals surface area (Å²) >= 11 is 0. The Morgan fingerprint density at radius 3 is 2.67 bits per heavy atom. The lowest BCUT2D eigenvalue weighted by molar-refractivity contribution is 0.260. The maximum absolute atomic E-state index is 13.5. The highest BCUT2D eigenvalue weighted by Gasteiger charge is 2.31. The van der Waals surface area contributed by atoms with Gasteiger partial charge in [-0.2, -0.15) is 10.4 Å². The first kappa shape index (κ1) is 18.9. The highest BCUT2D eigenvalue weighted by atomic mass is 32.2. The third-order valence-electron chi connectivity index (χ3n) is 6.00. The number of carbonyl (C=O) groups excluding carboxylic acids is 1. The Balaban J connectivity index is 1.53. The zero-order chi connectivity index (χ0) is 20.9. The topological polar surface area (TPSA) is 121 Å². The lowest BCUT2D eigenvalue weighted by atomic mass is 9.99. The van der Waals surface area contributed by atoms with Gasteiger partial charge >= 0.3 is 6.03 Å². The molecule has 30 heavy (non-hydrogen) atoms. The third-order valence-corrected chi connectivity index (χ3v) is 7.66. The van der Waals surface area contributed by atoms with Crippen molar-refractivity contribution >= 4 is 21.6 Å². The van der Waals surface area contributed by atoms with E-state index in [1.165, 1.54) is 17.3 Å². The smallest absolute Gasteiger partial charge is 0.355 e. The first-order valence-electron chi connectivity index (χ1n) is 10.1. The predicted octanol–water partition coefficient (Wildman–Crippen LogP) is 2.86. The SMILES string of the molecule is C[C@H]1COc2c(S(=O)(=NC(=O)Nc3c4c(cc5c3CCC5)CCC4)NC#N)cnn21. The van der Waals surface area contributed by atoms with Crippen LogP contribution in [0.2, 0.25) is 0 Å². The maximum atomic E-state index is 13.5. The lowest BCUT2D eigenvalue weighted by Gasteiger charge is -2.15. The molecule has 1 aromatic carbocycles. The van der Waals surface area contributed by atoms with Crippen LogP contribution < -0.4 is 14.8 Å². The van der Waals surface area contributed by atoms with Crippen molar-refractivity contribution in [3.05, 3.63) is 34.5 Å². The molecule has 2 aliphatic carbocycles. The molecule has 2 atom stereocenters. The Labute approximate surface area is 174 Å². The molecule has 2 aromatic rings. The molecule has 1 unspecified atom stereocenters. The van der Waals surface area contributed by atoms with Gasteiger partial charge in [-0.3, -0.25) is 0 Å². The second kappa shape index (κ2) is 7.02. The molecule has 156 valence electrons. The minimum Gasteiger partial charge on any atom is -0.475 e. The number of hydrogen-bond donors (Lipinski definition) is 2. The molecule has 0 spiro atoms. The van der Waals surface area contributed by atoms with Crippen LogP contribution in [0.25, 0.3) is 0 Å². The zero-order valence-electron chi connectivity index (χ0n) is 16.6. The van der Waals surface area contributed by atoms with Gasteiger partial charge in [0, 0.05) is 5.69 Å². The molecule has 1 aromatic heterocycles. The number of hydrogen-bond acceptors (Lipinski definition) is 5. The van der Waals surface area contributed by atoms with Crippen LogP contribution in [0.5, 0.6) is 5.88 Å². The van der Waals surface area contributed by atoms with Gasteiger partial charge in [-0.15, -0.1) is 4.36 Å². The molecule has 2 amide bonds. The van der Waals surface area contributed by atoms with Gasteiger partial charge in [0.15, 0.2) is 21.0 Å². The van der Waals surface area contributed by atoms with Crippen molar-refractivity contribution in [1.29, 1.82) is 5.26 Å². The Hall–Kier alpha value is -3.06. The largest absolute Gasteiger partial charge is 0.475 e. The number of aromatic nitrogens is 2. The third kappa shape index (κ3) is 2.92. The van der Waals surface area contributed by atoms with E-state index in [0.717, 1.165) is 55.3 Å². The van der Waals surface area contributed by atoms with Gasteiger partial charge in [0.05, 0.1) is 12.2 Å². The molecule has 2 N–H and O–H groups in total. The van der Waals surface area contributed by atoms with Crippen molar-refractivity contribution in [1.82, 2.24) is 14.5 Å². The Kier molecular flexibility index (Phi) is 4.43. The van der Waals surface area contributed by atoms with E-state index in [1.807, 2.05) is 6.92 Å². The summed E-state index contributed by atoms with van der Waals surface area (Å²) in [5.74, 6) is 0.272. The Morgan fingerprint density at radius 2 is 2.00 bits per heavy atom. The summed E-state index contributed by atoms with van der Waals surface area (Å²) in [6, 6.07) is 1.50. The second-order valence-corrected chi connectivity index (χ2v) is 9.79. The van der Waals surface area contributed by atoms with Crippen molar-refractivity contribution in [2.45, 2.75) is 56.4 Å². The first-order chi connectivity index (χ1) is 14.5. The van der Waals surface area contributed by atoms with Crippen LogP contribution in [0.1, 0.15) is 48.1 Å². The number of nitrogens with zero attached hydrogens (tertiary/aromatic N) is 4. The van der Waals surface area contributed by atoms with Gasteiger partial charge in [-0.05, 0) is 67.7 Å². The van der Waals surface area contributed by atoms with Gasteiger partial charge in [-0.25, -0.2) is 18.4 Å². The van der Waals surface area contributed by atoms with Gasteiger partial charge in [0.2, 0.25) is 5.88 Å². The van der Waals surface area contributed by atoms with Gasteiger partial charge in [0.1, 0.15) is 6.61 Å². The van der Waals surface area contributed by atoms with E-state index in [0.29, 0.717) is 6.61 Å². The van der Waals surface area contributed by atoms with Gasteiger partial charge in [0.25, 0.3) is 0 Å². The summed E-state index contributed by atoms with van der Waals surface area (Å²) in [5, 5.41) is 16.2. The minimum atomic E-state index is -3.58. The number of nitriles is 1. The molecule has 0 bridgehead atoms. The quantitative estimate of drug-likeness (QED) is 0.577. The second-order valence-electron chi connectivity index (χ2n) is 7.91. The zero-order valence-corrected chi connectivity index (χ0v) is 17.4. The van der Waals surface area contributed by atoms with Crippen LogP contribution in [0, 0.1) is 11.5 Å².